The Hall–Kier alpha value is -0.950. The average Bonchev–Trinajstić information content (AvgIpc) is 3.20. The molecular formula is C48H95O8P. The smallest absolute Gasteiger partial charge is 0.462 e. The molecule has 0 aliphatic rings. The third-order valence-corrected chi connectivity index (χ3v) is 12.3. The molecule has 8 nitrogen and oxygen atoms in total. The lowest BCUT2D eigenvalue weighted by Crippen LogP contribution is -2.29. The first-order valence-corrected chi connectivity index (χ1v) is 26.2. The van der Waals surface area contributed by atoms with Crippen molar-refractivity contribution in [2.75, 3.05) is 20.3 Å². The van der Waals surface area contributed by atoms with Crippen molar-refractivity contribution in [3.8, 4) is 0 Å². The van der Waals surface area contributed by atoms with E-state index in [9.17, 15) is 19.0 Å². The highest BCUT2D eigenvalue weighted by Crippen LogP contribution is 2.42. The van der Waals surface area contributed by atoms with Gasteiger partial charge in [-0.1, -0.05) is 245 Å². The van der Waals surface area contributed by atoms with E-state index in [0.29, 0.717) is 6.42 Å². The van der Waals surface area contributed by atoms with Gasteiger partial charge in [0.15, 0.2) is 6.10 Å². The molecular weight excluding hydrogens is 735 g/mol. The van der Waals surface area contributed by atoms with Crippen molar-refractivity contribution in [1.82, 2.24) is 0 Å². The molecule has 0 bridgehead atoms. The monoisotopic (exact) mass is 831 g/mol. The Kier molecular flexibility index (Phi) is 43.9. The number of rotatable bonds is 47. The standard InChI is InChI=1S/C48H95O8P/c1-4-6-8-10-12-14-16-18-20-22-24-25-27-29-31-33-35-37-39-41-43-48(50)56-46(45-55-57(51,52)53-3)44-54-47(49)42-40-38-36-34-32-30-28-26-23-21-19-17-15-13-11-9-7-5-2/h46H,4-45H2,1-3H3,(H,51,52). The third-order valence-electron chi connectivity index (χ3n) is 11.4. The number of carbonyl (C=O) groups is 2. The van der Waals surface area contributed by atoms with Crippen molar-refractivity contribution in [3.05, 3.63) is 0 Å². The van der Waals surface area contributed by atoms with Gasteiger partial charge >= 0.3 is 19.8 Å². The number of hydrogen-bond acceptors (Lipinski definition) is 7. The lowest BCUT2D eigenvalue weighted by atomic mass is 10.0. The summed E-state index contributed by atoms with van der Waals surface area (Å²) in [5, 5.41) is 0. The number of unbranched alkanes of at least 4 members (excludes halogenated alkanes) is 36. The SMILES string of the molecule is CCCCCCCCCCCCCCCCCCCCCCC(=O)OC(COC(=O)CCCCCCCCCCCCCCCCCCCC)COP(=O)(O)OC. The molecule has 0 saturated carbocycles. The minimum atomic E-state index is -4.26. The fourth-order valence-corrected chi connectivity index (χ4v) is 8.00. The van der Waals surface area contributed by atoms with Crippen LogP contribution < -0.4 is 0 Å². The van der Waals surface area contributed by atoms with Crippen LogP contribution in [0.25, 0.3) is 0 Å². The van der Waals surface area contributed by atoms with Crippen LogP contribution in [0.3, 0.4) is 0 Å². The summed E-state index contributed by atoms with van der Waals surface area (Å²) >= 11 is 0. The molecule has 0 radical (unpaired) electrons. The fraction of sp³-hybridized carbons (Fsp3) is 0.958. The Bertz CT molecular complexity index is 900. The van der Waals surface area contributed by atoms with E-state index in [1.807, 2.05) is 0 Å². The lowest BCUT2D eigenvalue weighted by Gasteiger charge is -2.19. The van der Waals surface area contributed by atoms with Crippen LogP contribution in [0.2, 0.25) is 0 Å². The third kappa shape index (κ3) is 44.4. The van der Waals surface area contributed by atoms with Crippen molar-refractivity contribution >= 4 is 19.8 Å². The van der Waals surface area contributed by atoms with Gasteiger partial charge in [0, 0.05) is 20.0 Å². The van der Waals surface area contributed by atoms with E-state index in [1.54, 1.807) is 0 Å². The summed E-state index contributed by atoms with van der Waals surface area (Å²) in [6.07, 6.45) is 48.8. The number of esters is 2. The van der Waals surface area contributed by atoms with Gasteiger partial charge in [-0.2, -0.15) is 0 Å². The van der Waals surface area contributed by atoms with Crippen LogP contribution in [0, 0.1) is 0 Å². The molecule has 1 N–H and O–H groups in total. The lowest BCUT2D eigenvalue weighted by molar-refractivity contribution is -0.161. The Balaban J connectivity index is 3.86. The molecule has 0 amide bonds. The summed E-state index contributed by atoms with van der Waals surface area (Å²) in [5.74, 6) is -0.781. The zero-order valence-electron chi connectivity index (χ0n) is 38.0. The molecule has 0 fully saturated rings. The van der Waals surface area contributed by atoms with Gasteiger partial charge in [-0.3, -0.25) is 18.6 Å². The fourth-order valence-electron chi connectivity index (χ4n) is 7.54. The van der Waals surface area contributed by atoms with Crippen molar-refractivity contribution in [2.24, 2.45) is 0 Å². The number of carbonyl (C=O) groups excluding carboxylic acids is 2. The van der Waals surface area contributed by atoms with Gasteiger partial charge in [0.25, 0.3) is 0 Å². The molecule has 0 aromatic heterocycles. The number of hydrogen-bond donors (Lipinski definition) is 1. The van der Waals surface area contributed by atoms with E-state index < -0.39 is 19.9 Å². The predicted octanol–water partition coefficient (Wildman–Crippen LogP) is 15.8. The summed E-state index contributed by atoms with van der Waals surface area (Å²) in [7, 11) is -3.19. The molecule has 0 saturated heterocycles. The molecule has 57 heavy (non-hydrogen) atoms. The number of phosphoric acid groups is 1. The predicted molar refractivity (Wildman–Crippen MR) is 240 cm³/mol. The molecule has 2 unspecified atom stereocenters. The van der Waals surface area contributed by atoms with Crippen LogP contribution in [0.5, 0.6) is 0 Å². The summed E-state index contributed by atoms with van der Waals surface area (Å²) < 4.78 is 32.1. The number of phosphoric ester groups is 1. The maximum atomic E-state index is 12.6. The van der Waals surface area contributed by atoms with Crippen LogP contribution in [0.4, 0.5) is 0 Å². The first kappa shape index (κ1) is 56.0. The highest BCUT2D eigenvalue weighted by molar-refractivity contribution is 7.47. The summed E-state index contributed by atoms with van der Waals surface area (Å²) in [6, 6.07) is 0. The molecule has 0 heterocycles. The van der Waals surface area contributed by atoms with E-state index in [-0.39, 0.29) is 25.6 Å². The largest absolute Gasteiger partial charge is 0.472 e. The van der Waals surface area contributed by atoms with E-state index in [1.165, 1.54) is 205 Å². The van der Waals surface area contributed by atoms with Gasteiger partial charge in [0.05, 0.1) is 6.61 Å². The minimum absolute atomic E-state index is 0.216. The zero-order valence-corrected chi connectivity index (χ0v) is 38.9. The molecule has 0 aliphatic carbocycles. The van der Waals surface area contributed by atoms with E-state index in [0.717, 1.165) is 45.6 Å². The van der Waals surface area contributed by atoms with Gasteiger partial charge in [0.2, 0.25) is 0 Å². The van der Waals surface area contributed by atoms with Crippen molar-refractivity contribution < 1.29 is 37.6 Å². The van der Waals surface area contributed by atoms with Gasteiger partial charge in [-0.25, -0.2) is 4.57 Å². The van der Waals surface area contributed by atoms with Crippen molar-refractivity contribution in [3.63, 3.8) is 0 Å². The Morgan fingerprint density at radius 2 is 0.684 bits per heavy atom. The first-order chi connectivity index (χ1) is 27.8. The second kappa shape index (κ2) is 44.6. The topological polar surface area (TPSA) is 108 Å². The molecule has 0 rings (SSSR count). The van der Waals surface area contributed by atoms with Gasteiger partial charge in [-0.05, 0) is 12.8 Å². The highest BCUT2D eigenvalue weighted by atomic mass is 31.2. The second-order valence-electron chi connectivity index (χ2n) is 17.0. The Morgan fingerprint density at radius 3 is 0.965 bits per heavy atom. The van der Waals surface area contributed by atoms with E-state index in [4.69, 9.17) is 14.0 Å². The van der Waals surface area contributed by atoms with Gasteiger partial charge in [-0.15, -0.1) is 0 Å². The summed E-state index contributed by atoms with van der Waals surface area (Å²) in [5.41, 5.74) is 0. The summed E-state index contributed by atoms with van der Waals surface area (Å²) in [4.78, 5) is 34.6. The van der Waals surface area contributed by atoms with Crippen LogP contribution in [-0.2, 0) is 32.7 Å². The first-order valence-electron chi connectivity index (χ1n) is 24.7. The Morgan fingerprint density at radius 1 is 0.421 bits per heavy atom. The Labute approximate surface area is 353 Å². The van der Waals surface area contributed by atoms with Crippen molar-refractivity contribution in [1.29, 1.82) is 0 Å². The van der Waals surface area contributed by atoms with Crippen LogP contribution >= 0.6 is 7.82 Å². The molecule has 0 spiro atoms. The minimum Gasteiger partial charge on any atom is -0.462 e. The second-order valence-corrected chi connectivity index (χ2v) is 18.5. The van der Waals surface area contributed by atoms with Crippen molar-refractivity contribution in [2.45, 2.75) is 277 Å². The van der Waals surface area contributed by atoms with Crippen LogP contribution in [0.15, 0.2) is 0 Å². The molecule has 0 aromatic rings. The van der Waals surface area contributed by atoms with E-state index >= 15 is 0 Å². The molecule has 2 atom stereocenters. The number of ether oxygens (including phenoxy) is 2. The maximum absolute atomic E-state index is 12.6. The summed E-state index contributed by atoms with van der Waals surface area (Å²) in [6.45, 7) is 3.95. The maximum Gasteiger partial charge on any atom is 0.472 e. The van der Waals surface area contributed by atoms with Gasteiger partial charge in [0.1, 0.15) is 6.61 Å². The highest BCUT2D eigenvalue weighted by Gasteiger charge is 2.24. The normalized spacial score (nSPS) is 13.1. The molecule has 340 valence electrons. The quantitative estimate of drug-likeness (QED) is 0.0367. The average molecular weight is 831 g/mol. The van der Waals surface area contributed by atoms with Gasteiger partial charge < -0.3 is 14.4 Å². The van der Waals surface area contributed by atoms with E-state index in [2.05, 4.69) is 18.4 Å². The van der Waals surface area contributed by atoms with Crippen LogP contribution in [0.1, 0.15) is 271 Å². The molecule has 0 aliphatic heterocycles. The zero-order chi connectivity index (χ0) is 41.8. The van der Waals surface area contributed by atoms with Crippen LogP contribution in [-0.4, -0.2) is 43.3 Å². The molecule has 0 aromatic carbocycles. The molecule has 9 heteroatoms.